The molecule has 1 saturated heterocycles. The third kappa shape index (κ3) is 0.838. The van der Waals surface area contributed by atoms with Crippen LogP contribution in [0.5, 0.6) is 0 Å². The first kappa shape index (κ1) is 4.46. The Morgan fingerprint density at radius 3 is 2.71 bits per heavy atom. The molecule has 1 aliphatic rings. The number of nitrogens with one attached hydrogen (secondary N) is 2. The first-order chi connectivity index (χ1) is 3.29. The van der Waals surface area contributed by atoms with Crippen molar-refractivity contribution in [2.24, 2.45) is 0 Å². The molecule has 0 amide bonds. The first-order valence-electron chi connectivity index (χ1n) is 2.16. The molecule has 1 fully saturated rings. The predicted molar refractivity (Wildman–Crippen MR) is 26.0 cm³/mol. The lowest BCUT2D eigenvalue weighted by molar-refractivity contribution is 0.164. The van der Waals surface area contributed by atoms with Crippen LogP contribution in [0.4, 0.5) is 0 Å². The summed E-state index contributed by atoms with van der Waals surface area (Å²) in [4.78, 5) is 0. The third-order valence-corrected chi connectivity index (χ3v) is 0.734. The SMILES string of the molecule is C=C1NN[C@@H](C)O1. The maximum atomic E-state index is 4.94. The van der Waals surface area contributed by atoms with Gasteiger partial charge in [0.25, 0.3) is 0 Å². The van der Waals surface area contributed by atoms with E-state index in [1.54, 1.807) is 0 Å². The predicted octanol–water partition coefficient (Wildman–Crippen LogP) is -0.0720. The van der Waals surface area contributed by atoms with E-state index in [1.165, 1.54) is 0 Å². The molecule has 0 saturated carbocycles. The van der Waals surface area contributed by atoms with Gasteiger partial charge in [0, 0.05) is 0 Å². The Morgan fingerprint density at radius 2 is 2.57 bits per heavy atom. The molecule has 0 aromatic carbocycles. The molecule has 0 unspecified atom stereocenters. The van der Waals surface area contributed by atoms with Gasteiger partial charge in [-0.15, -0.1) is 0 Å². The fourth-order valence-electron chi connectivity index (χ4n) is 0.454. The molecule has 0 bridgehead atoms. The van der Waals surface area contributed by atoms with Gasteiger partial charge >= 0.3 is 0 Å². The van der Waals surface area contributed by atoms with Crippen molar-refractivity contribution < 1.29 is 4.74 Å². The van der Waals surface area contributed by atoms with Gasteiger partial charge < -0.3 is 4.74 Å². The van der Waals surface area contributed by atoms with Crippen LogP contribution in [0, 0.1) is 0 Å². The standard InChI is InChI=1S/C4H8N2O/c1-3-5-6-4(2)7-3/h4-6H,1H2,2H3/t4-/m1/s1. The van der Waals surface area contributed by atoms with Crippen molar-refractivity contribution in [3.8, 4) is 0 Å². The van der Waals surface area contributed by atoms with Crippen molar-refractivity contribution in [2.45, 2.75) is 13.2 Å². The van der Waals surface area contributed by atoms with Gasteiger partial charge in [-0.05, 0) is 13.5 Å². The van der Waals surface area contributed by atoms with Crippen molar-refractivity contribution in [2.75, 3.05) is 0 Å². The summed E-state index contributed by atoms with van der Waals surface area (Å²) in [6.45, 7) is 5.40. The second kappa shape index (κ2) is 1.42. The van der Waals surface area contributed by atoms with Crippen LogP contribution in [0.2, 0.25) is 0 Å². The molecule has 1 atom stereocenters. The zero-order chi connectivity index (χ0) is 5.28. The highest BCUT2D eigenvalue weighted by Gasteiger charge is 2.09. The average Bonchev–Trinajstić information content (AvgIpc) is 1.87. The van der Waals surface area contributed by atoms with Gasteiger partial charge in [0.15, 0.2) is 12.1 Å². The van der Waals surface area contributed by atoms with Crippen molar-refractivity contribution in [3.63, 3.8) is 0 Å². The Kier molecular flexibility index (Phi) is 0.906. The van der Waals surface area contributed by atoms with Crippen LogP contribution in [0.3, 0.4) is 0 Å². The molecule has 7 heavy (non-hydrogen) atoms. The third-order valence-electron chi connectivity index (χ3n) is 0.734. The quantitative estimate of drug-likeness (QED) is 0.447. The van der Waals surface area contributed by atoms with Gasteiger partial charge in [0.05, 0.1) is 0 Å². The Morgan fingerprint density at radius 1 is 1.86 bits per heavy atom. The van der Waals surface area contributed by atoms with E-state index in [4.69, 9.17) is 4.74 Å². The summed E-state index contributed by atoms with van der Waals surface area (Å²) in [5.74, 6) is 0.590. The monoisotopic (exact) mass is 100 g/mol. The van der Waals surface area contributed by atoms with Gasteiger partial charge in [0.2, 0.25) is 0 Å². The van der Waals surface area contributed by atoms with Gasteiger partial charge in [-0.1, -0.05) is 0 Å². The van der Waals surface area contributed by atoms with Crippen molar-refractivity contribution in [3.05, 3.63) is 12.5 Å². The van der Waals surface area contributed by atoms with E-state index in [9.17, 15) is 0 Å². The Bertz CT molecular complexity index is 91.7. The summed E-state index contributed by atoms with van der Waals surface area (Å²) in [5.41, 5.74) is 5.50. The molecule has 1 heterocycles. The number of hydrogen-bond acceptors (Lipinski definition) is 3. The van der Waals surface area contributed by atoms with Crippen LogP contribution < -0.4 is 10.9 Å². The maximum absolute atomic E-state index is 4.94. The van der Waals surface area contributed by atoms with Gasteiger partial charge in [0.1, 0.15) is 0 Å². The van der Waals surface area contributed by atoms with E-state index in [-0.39, 0.29) is 6.23 Å². The lowest BCUT2D eigenvalue weighted by Gasteiger charge is -1.95. The normalized spacial score (nSPS) is 29.3. The first-order valence-corrected chi connectivity index (χ1v) is 2.16. The minimum atomic E-state index is 0.0625. The summed E-state index contributed by atoms with van der Waals surface area (Å²) in [5, 5.41) is 0. The summed E-state index contributed by atoms with van der Waals surface area (Å²) in [6.07, 6.45) is 0.0625. The highest BCUT2D eigenvalue weighted by atomic mass is 16.5. The molecule has 1 rings (SSSR count). The van der Waals surface area contributed by atoms with Crippen LogP contribution >= 0.6 is 0 Å². The van der Waals surface area contributed by atoms with Crippen molar-refractivity contribution >= 4 is 0 Å². The van der Waals surface area contributed by atoms with E-state index in [0.29, 0.717) is 5.88 Å². The summed E-state index contributed by atoms with van der Waals surface area (Å²) < 4.78 is 4.94. The molecule has 0 aromatic heterocycles. The van der Waals surface area contributed by atoms with E-state index in [2.05, 4.69) is 17.4 Å². The Balaban J connectivity index is 2.40. The van der Waals surface area contributed by atoms with Crippen LogP contribution in [0.1, 0.15) is 6.92 Å². The van der Waals surface area contributed by atoms with Crippen molar-refractivity contribution in [1.29, 1.82) is 0 Å². The summed E-state index contributed by atoms with van der Waals surface area (Å²) in [6, 6.07) is 0. The molecule has 0 radical (unpaired) electrons. The Labute approximate surface area is 42.3 Å². The number of hydrogen-bond donors (Lipinski definition) is 2. The fraction of sp³-hybridized carbons (Fsp3) is 0.500. The lowest BCUT2D eigenvalue weighted by Crippen LogP contribution is -2.26. The fourth-order valence-corrected chi connectivity index (χ4v) is 0.454. The zero-order valence-electron chi connectivity index (χ0n) is 4.19. The summed E-state index contributed by atoms with van der Waals surface area (Å²) in [7, 11) is 0. The highest BCUT2D eigenvalue weighted by Crippen LogP contribution is 1.97. The number of ether oxygens (including phenoxy) is 1. The van der Waals surface area contributed by atoms with Crippen LogP contribution in [-0.4, -0.2) is 6.23 Å². The highest BCUT2D eigenvalue weighted by molar-refractivity contribution is 4.81. The second-order valence-corrected chi connectivity index (χ2v) is 1.45. The zero-order valence-corrected chi connectivity index (χ0v) is 4.19. The molecular weight excluding hydrogens is 92.1 g/mol. The van der Waals surface area contributed by atoms with Crippen molar-refractivity contribution in [1.82, 2.24) is 10.9 Å². The molecule has 0 spiro atoms. The second-order valence-electron chi connectivity index (χ2n) is 1.45. The van der Waals surface area contributed by atoms with Gasteiger partial charge in [-0.25, -0.2) is 0 Å². The van der Waals surface area contributed by atoms with E-state index in [0.717, 1.165) is 0 Å². The number of hydrazine groups is 1. The smallest absolute Gasteiger partial charge is 0.195 e. The number of rotatable bonds is 0. The molecule has 2 N–H and O–H groups in total. The maximum Gasteiger partial charge on any atom is 0.195 e. The summed E-state index contributed by atoms with van der Waals surface area (Å²) >= 11 is 0. The van der Waals surface area contributed by atoms with E-state index >= 15 is 0 Å². The molecular formula is C4H8N2O. The Hall–Kier alpha value is -0.700. The average molecular weight is 100 g/mol. The molecule has 3 nitrogen and oxygen atoms in total. The minimum Gasteiger partial charge on any atom is -0.459 e. The molecule has 0 aromatic rings. The van der Waals surface area contributed by atoms with Crippen LogP contribution in [-0.2, 0) is 4.74 Å². The topological polar surface area (TPSA) is 33.3 Å². The molecule has 3 heteroatoms. The minimum absolute atomic E-state index is 0.0625. The van der Waals surface area contributed by atoms with E-state index in [1.807, 2.05) is 6.92 Å². The van der Waals surface area contributed by atoms with Crippen LogP contribution in [0.15, 0.2) is 12.5 Å². The molecule has 40 valence electrons. The molecule has 0 aliphatic carbocycles. The van der Waals surface area contributed by atoms with Gasteiger partial charge in [-0.3, -0.25) is 5.43 Å². The largest absolute Gasteiger partial charge is 0.459 e. The van der Waals surface area contributed by atoms with Crippen LogP contribution in [0.25, 0.3) is 0 Å². The van der Waals surface area contributed by atoms with Gasteiger partial charge in [-0.2, -0.15) is 5.43 Å². The molecule has 1 aliphatic heterocycles. The lowest BCUT2D eigenvalue weighted by atomic mass is 10.7. The van der Waals surface area contributed by atoms with E-state index < -0.39 is 0 Å².